The molecule has 0 fully saturated rings. The van der Waals surface area contributed by atoms with Gasteiger partial charge in [-0.2, -0.15) is 0 Å². The van der Waals surface area contributed by atoms with Gasteiger partial charge in [0.15, 0.2) is 5.43 Å². The molecule has 0 saturated carbocycles. The third-order valence-corrected chi connectivity index (χ3v) is 5.34. The lowest BCUT2D eigenvalue weighted by Crippen LogP contribution is -2.34. The standard InChI is InChI=1S/C19H24N2OS/c1-20(2,3)13-7-9-17-15(11-13)19(22)16-12-14(21(4,5)6)8-10-18(16)23-17/h7-12H,1-6H3/q+2. The number of nitrogens with zero attached hydrogens (tertiary/aromatic N) is 2. The van der Waals surface area contributed by atoms with Crippen LogP contribution < -0.4 is 14.4 Å². The number of hydrogen-bond acceptors (Lipinski definition) is 2. The molecule has 2 aromatic carbocycles. The van der Waals surface area contributed by atoms with E-state index in [4.69, 9.17) is 0 Å². The van der Waals surface area contributed by atoms with Crippen molar-refractivity contribution in [1.82, 2.24) is 8.97 Å². The van der Waals surface area contributed by atoms with Crippen LogP contribution in [0.25, 0.3) is 20.2 Å². The maximum Gasteiger partial charge on any atom is 0.196 e. The predicted molar refractivity (Wildman–Crippen MR) is 105 cm³/mol. The van der Waals surface area contributed by atoms with Crippen LogP contribution in [0.5, 0.6) is 0 Å². The van der Waals surface area contributed by atoms with E-state index in [1.807, 2.05) is 12.1 Å². The number of benzene rings is 2. The molecule has 4 heteroatoms. The first kappa shape index (κ1) is 16.1. The van der Waals surface area contributed by atoms with E-state index in [0.29, 0.717) is 8.97 Å². The van der Waals surface area contributed by atoms with Crippen molar-refractivity contribution in [3.8, 4) is 0 Å². The minimum atomic E-state index is 0.138. The average molecular weight is 328 g/mol. The summed E-state index contributed by atoms with van der Waals surface area (Å²) < 4.78 is 3.52. The number of hydrogen-bond donors (Lipinski definition) is 0. The van der Waals surface area contributed by atoms with Gasteiger partial charge in [0.25, 0.3) is 0 Å². The normalized spacial score (nSPS) is 13.0. The van der Waals surface area contributed by atoms with Crippen LogP contribution in [-0.2, 0) is 0 Å². The second-order valence-electron chi connectivity index (χ2n) is 7.82. The molecule has 23 heavy (non-hydrogen) atoms. The van der Waals surface area contributed by atoms with Gasteiger partial charge in [0.1, 0.15) is 11.4 Å². The third-order valence-electron chi connectivity index (χ3n) is 4.18. The maximum atomic E-state index is 13.0. The molecule has 1 aromatic heterocycles. The molecule has 0 unspecified atom stereocenters. The highest BCUT2D eigenvalue weighted by Gasteiger charge is 2.17. The molecular weight excluding hydrogens is 304 g/mol. The summed E-state index contributed by atoms with van der Waals surface area (Å²) in [4.78, 5) is 13.0. The zero-order valence-corrected chi connectivity index (χ0v) is 15.5. The lowest BCUT2D eigenvalue weighted by Gasteiger charge is -2.24. The highest BCUT2D eigenvalue weighted by molar-refractivity contribution is 7.24. The summed E-state index contributed by atoms with van der Waals surface area (Å²) in [7, 11) is 12.7. The number of rotatable bonds is 2. The molecule has 3 rings (SSSR count). The largest absolute Gasteiger partial charge is 0.298 e. The Balaban J connectivity index is 2.36. The topological polar surface area (TPSA) is 17.1 Å². The van der Waals surface area contributed by atoms with Gasteiger partial charge in [-0.05, 0) is 12.1 Å². The Morgan fingerprint density at radius 2 is 1.09 bits per heavy atom. The molecule has 0 atom stereocenters. The Labute approximate surface area is 141 Å². The Hall–Kier alpha value is -1.75. The SMILES string of the molecule is C[N+](C)(C)c1ccc2sc3ccc([N+](C)(C)C)cc3c(=O)c2c1. The lowest BCUT2D eigenvalue weighted by atomic mass is 10.1. The third kappa shape index (κ3) is 2.90. The van der Waals surface area contributed by atoms with E-state index in [9.17, 15) is 4.79 Å². The van der Waals surface area contributed by atoms with Crippen LogP contribution in [0.15, 0.2) is 41.2 Å². The van der Waals surface area contributed by atoms with Crippen LogP contribution in [0.3, 0.4) is 0 Å². The molecule has 0 N–H and O–H groups in total. The average Bonchev–Trinajstić information content (AvgIpc) is 2.45. The van der Waals surface area contributed by atoms with Crippen molar-refractivity contribution < 1.29 is 0 Å². The van der Waals surface area contributed by atoms with Crippen molar-refractivity contribution in [2.24, 2.45) is 0 Å². The highest BCUT2D eigenvalue weighted by atomic mass is 32.1. The highest BCUT2D eigenvalue weighted by Crippen LogP contribution is 2.31. The van der Waals surface area contributed by atoms with Crippen LogP contribution >= 0.6 is 11.3 Å². The maximum absolute atomic E-state index is 13.0. The van der Waals surface area contributed by atoms with Crippen molar-refractivity contribution >= 4 is 42.9 Å². The number of quaternary nitrogens is 2. The minimum absolute atomic E-state index is 0.138. The van der Waals surface area contributed by atoms with E-state index >= 15 is 0 Å². The molecule has 0 amide bonds. The molecule has 3 aromatic rings. The summed E-state index contributed by atoms with van der Waals surface area (Å²) in [5.41, 5.74) is 2.42. The Morgan fingerprint density at radius 1 is 0.696 bits per heavy atom. The summed E-state index contributed by atoms with van der Waals surface area (Å²) >= 11 is 1.69. The van der Waals surface area contributed by atoms with Crippen LogP contribution in [0.4, 0.5) is 11.4 Å². The van der Waals surface area contributed by atoms with Crippen LogP contribution in [-0.4, -0.2) is 42.3 Å². The molecule has 0 bridgehead atoms. The van der Waals surface area contributed by atoms with Gasteiger partial charge in [0, 0.05) is 44.4 Å². The summed E-state index contributed by atoms with van der Waals surface area (Å²) in [6.07, 6.45) is 0. The summed E-state index contributed by atoms with van der Waals surface area (Å²) in [5.74, 6) is 0. The van der Waals surface area contributed by atoms with Gasteiger partial charge >= 0.3 is 0 Å². The van der Waals surface area contributed by atoms with Gasteiger partial charge in [-0.1, -0.05) is 0 Å². The molecule has 0 radical (unpaired) electrons. The Bertz CT molecular complexity index is 884. The van der Waals surface area contributed by atoms with Gasteiger partial charge < -0.3 is 0 Å². The minimum Gasteiger partial charge on any atom is -0.298 e. The Kier molecular flexibility index (Phi) is 3.59. The fourth-order valence-corrected chi connectivity index (χ4v) is 3.70. The fraction of sp³-hybridized carbons (Fsp3) is 0.316. The van der Waals surface area contributed by atoms with E-state index in [1.54, 1.807) is 11.3 Å². The van der Waals surface area contributed by atoms with Crippen molar-refractivity contribution in [2.45, 2.75) is 0 Å². The first-order chi connectivity index (χ1) is 10.6. The zero-order valence-electron chi connectivity index (χ0n) is 14.7. The van der Waals surface area contributed by atoms with Crippen molar-refractivity contribution in [2.75, 3.05) is 42.3 Å². The second-order valence-corrected chi connectivity index (χ2v) is 8.90. The van der Waals surface area contributed by atoms with E-state index < -0.39 is 0 Å². The fourth-order valence-electron chi connectivity index (χ4n) is 2.67. The van der Waals surface area contributed by atoms with Gasteiger partial charge in [0.2, 0.25) is 0 Å². The van der Waals surface area contributed by atoms with E-state index in [0.717, 1.165) is 31.5 Å². The molecule has 0 aliphatic heterocycles. The van der Waals surface area contributed by atoms with Gasteiger partial charge in [-0.15, -0.1) is 11.3 Å². The van der Waals surface area contributed by atoms with Gasteiger partial charge in [0.05, 0.1) is 42.3 Å². The molecular formula is C19H24N2OS+2. The van der Waals surface area contributed by atoms with Crippen molar-refractivity contribution in [1.29, 1.82) is 0 Å². The van der Waals surface area contributed by atoms with Gasteiger partial charge in [-0.3, -0.25) is 13.8 Å². The van der Waals surface area contributed by atoms with Gasteiger partial charge in [-0.25, -0.2) is 0 Å². The molecule has 0 spiro atoms. The van der Waals surface area contributed by atoms with Crippen LogP contribution in [0.1, 0.15) is 0 Å². The van der Waals surface area contributed by atoms with Crippen molar-refractivity contribution in [3.05, 3.63) is 46.6 Å². The molecule has 0 saturated heterocycles. The summed E-state index contributed by atoms with van der Waals surface area (Å²) in [5, 5.41) is 1.65. The van der Waals surface area contributed by atoms with E-state index in [2.05, 4.69) is 66.6 Å². The van der Waals surface area contributed by atoms with E-state index in [1.165, 1.54) is 0 Å². The monoisotopic (exact) mass is 328 g/mol. The van der Waals surface area contributed by atoms with Crippen LogP contribution in [0.2, 0.25) is 0 Å². The quantitative estimate of drug-likeness (QED) is 0.516. The first-order valence-corrected chi connectivity index (χ1v) is 8.54. The second kappa shape index (κ2) is 5.13. The summed E-state index contributed by atoms with van der Waals surface area (Å²) in [6.45, 7) is 0. The smallest absolute Gasteiger partial charge is 0.196 e. The number of fused-ring (bicyclic) bond motifs is 2. The molecule has 3 nitrogen and oxygen atoms in total. The predicted octanol–water partition coefficient (Wildman–Crippen LogP) is 3.81. The zero-order chi connectivity index (χ0) is 17.0. The van der Waals surface area contributed by atoms with Crippen molar-refractivity contribution in [3.63, 3.8) is 0 Å². The van der Waals surface area contributed by atoms with E-state index in [-0.39, 0.29) is 5.43 Å². The molecule has 120 valence electrons. The van der Waals surface area contributed by atoms with Crippen LogP contribution in [0, 0.1) is 0 Å². The lowest BCUT2D eigenvalue weighted by molar-refractivity contribution is 0.487. The molecule has 1 heterocycles. The molecule has 0 aliphatic rings. The Morgan fingerprint density at radius 3 is 1.43 bits per heavy atom. The summed E-state index contributed by atoms with van der Waals surface area (Å²) in [6, 6.07) is 12.5. The molecule has 0 aliphatic carbocycles. The first-order valence-electron chi connectivity index (χ1n) is 7.72.